The number of esters is 1. The van der Waals surface area contributed by atoms with Crippen molar-refractivity contribution >= 4 is 16.0 Å². The summed E-state index contributed by atoms with van der Waals surface area (Å²) in [7, 11) is -2.67. The molecule has 0 spiro atoms. The van der Waals surface area contributed by atoms with E-state index in [-0.39, 0.29) is 17.9 Å². The number of benzene rings is 1. The Kier molecular flexibility index (Phi) is 4.70. The minimum atomic E-state index is -3.86. The van der Waals surface area contributed by atoms with Crippen LogP contribution in [0.25, 0.3) is 10.4 Å². The average Bonchev–Trinajstić information content (AvgIpc) is 2.92. The smallest absolute Gasteiger partial charge is 0.324 e. The van der Waals surface area contributed by atoms with Crippen LogP contribution in [-0.4, -0.2) is 44.4 Å². The van der Waals surface area contributed by atoms with Gasteiger partial charge in [-0.15, -0.1) is 0 Å². The van der Waals surface area contributed by atoms with Crippen molar-refractivity contribution in [3.63, 3.8) is 0 Å². The fraction of sp³-hybridized carbons (Fsp3) is 0.462. The number of azide groups is 1. The average molecular weight is 324 g/mol. The highest BCUT2D eigenvalue weighted by molar-refractivity contribution is 7.89. The summed E-state index contributed by atoms with van der Waals surface area (Å²) in [6, 6.07) is 4.77. The van der Waals surface area contributed by atoms with E-state index in [1.165, 1.54) is 19.2 Å². The third-order valence-corrected chi connectivity index (χ3v) is 5.44. The molecule has 0 unspecified atom stereocenters. The van der Waals surface area contributed by atoms with Gasteiger partial charge in [0.1, 0.15) is 6.04 Å². The molecule has 2 rings (SSSR count). The lowest BCUT2D eigenvalue weighted by Crippen LogP contribution is -2.41. The number of aryl methyl sites for hydroxylation is 1. The maximum Gasteiger partial charge on any atom is 0.324 e. The Bertz CT molecular complexity index is 710. The molecule has 9 heteroatoms. The van der Waals surface area contributed by atoms with Gasteiger partial charge in [0.15, 0.2) is 0 Å². The molecular weight excluding hydrogens is 308 g/mol. The first kappa shape index (κ1) is 16.3. The Morgan fingerprint density at radius 3 is 2.59 bits per heavy atom. The van der Waals surface area contributed by atoms with Gasteiger partial charge in [0.25, 0.3) is 0 Å². The number of nitrogens with zero attached hydrogens (tertiary/aromatic N) is 4. The van der Waals surface area contributed by atoms with Gasteiger partial charge in [-0.25, -0.2) is 8.42 Å². The second kappa shape index (κ2) is 6.35. The van der Waals surface area contributed by atoms with Gasteiger partial charge in [-0.3, -0.25) is 4.79 Å². The topological polar surface area (TPSA) is 112 Å². The molecule has 0 saturated carbocycles. The molecule has 1 saturated heterocycles. The molecule has 8 nitrogen and oxygen atoms in total. The zero-order valence-electron chi connectivity index (χ0n) is 12.2. The second-order valence-electron chi connectivity index (χ2n) is 5.02. The van der Waals surface area contributed by atoms with E-state index in [1.807, 2.05) is 6.92 Å². The Balaban J connectivity index is 2.39. The zero-order chi connectivity index (χ0) is 16.3. The molecule has 1 aliphatic heterocycles. The molecule has 0 aromatic heterocycles. The van der Waals surface area contributed by atoms with E-state index in [0.717, 1.165) is 9.87 Å². The number of carbonyl (C=O) groups excluding carboxylic acids is 1. The van der Waals surface area contributed by atoms with Gasteiger partial charge >= 0.3 is 5.97 Å². The summed E-state index contributed by atoms with van der Waals surface area (Å²) in [5.41, 5.74) is 9.45. The molecule has 1 heterocycles. The van der Waals surface area contributed by atoms with Gasteiger partial charge in [0.2, 0.25) is 10.0 Å². The first-order chi connectivity index (χ1) is 10.4. The van der Waals surface area contributed by atoms with Gasteiger partial charge in [-0.2, -0.15) is 4.31 Å². The number of methoxy groups -OCH3 is 1. The van der Waals surface area contributed by atoms with Gasteiger partial charge in [0, 0.05) is 11.5 Å². The van der Waals surface area contributed by atoms with Gasteiger partial charge < -0.3 is 4.74 Å². The van der Waals surface area contributed by atoms with E-state index in [1.54, 1.807) is 12.1 Å². The highest BCUT2D eigenvalue weighted by Crippen LogP contribution is 2.28. The largest absolute Gasteiger partial charge is 0.468 e. The number of carbonyl (C=O) groups is 1. The molecule has 1 fully saturated rings. The highest BCUT2D eigenvalue weighted by atomic mass is 32.2. The van der Waals surface area contributed by atoms with Crippen molar-refractivity contribution in [1.29, 1.82) is 0 Å². The van der Waals surface area contributed by atoms with Crippen LogP contribution in [0.4, 0.5) is 0 Å². The molecule has 1 aromatic rings. The first-order valence-corrected chi connectivity index (χ1v) is 8.04. The zero-order valence-corrected chi connectivity index (χ0v) is 13.0. The molecular formula is C13H16N4O4S. The molecule has 1 aliphatic rings. The summed E-state index contributed by atoms with van der Waals surface area (Å²) in [4.78, 5) is 14.6. The number of rotatable bonds is 4. The lowest BCUT2D eigenvalue weighted by Gasteiger charge is -2.22. The van der Waals surface area contributed by atoms with Crippen molar-refractivity contribution in [3.05, 3.63) is 40.3 Å². The summed E-state index contributed by atoms with van der Waals surface area (Å²) in [6.45, 7) is 1.81. The molecule has 0 amide bonds. The van der Waals surface area contributed by atoms with Crippen LogP contribution in [0.5, 0.6) is 0 Å². The van der Waals surface area contributed by atoms with E-state index < -0.39 is 28.1 Å². The van der Waals surface area contributed by atoms with Crippen LogP contribution < -0.4 is 0 Å². The molecule has 22 heavy (non-hydrogen) atoms. The summed E-state index contributed by atoms with van der Waals surface area (Å²) in [5.74, 6) is -0.661. The fourth-order valence-electron chi connectivity index (χ4n) is 2.40. The molecule has 1 aromatic carbocycles. The predicted molar refractivity (Wildman–Crippen MR) is 78.4 cm³/mol. The number of hydrogen-bond donors (Lipinski definition) is 0. The van der Waals surface area contributed by atoms with Crippen molar-refractivity contribution in [1.82, 2.24) is 4.31 Å². The van der Waals surface area contributed by atoms with Crippen LogP contribution in [0, 0.1) is 6.92 Å². The van der Waals surface area contributed by atoms with Crippen molar-refractivity contribution in [3.8, 4) is 0 Å². The standard InChI is InChI=1S/C13H16N4O4S/c1-9-3-5-11(6-4-9)22(19,20)17-8-10(15-16-14)7-12(17)13(18)21-2/h3-6,10,12H,7-8H2,1-2H3/t10-,12+/m1/s1. The van der Waals surface area contributed by atoms with Crippen molar-refractivity contribution in [2.24, 2.45) is 5.11 Å². The van der Waals surface area contributed by atoms with Crippen LogP contribution >= 0.6 is 0 Å². The summed E-state index contributed by atoms with van der Waals surface area (Å²) in [6.07, 6.45) is 0.113. The number of hydrogen-bond acceptors (Lipinski definition) is 5. The number of sulfonamides is 1. The van der Waals surface area contributed by atoms with Gasteiger partial charge in [-0.05, 0) is 31.0 Å². The summed E-state index contributed by atoms with van der Waals surface area (Å²) >= 11 is 0. The van der Waals surface area contributed by atoms with Crippen LogP contribution in [0.15, 0.2) is 34.3 Å². The van der Waals surface area contributed by atoms with E-state index in [4.69, 9.17) is 5.53 Å². The third kappa shape index (κ3) is 3.06. The van der Waals surface area contributed by atoms with Gasteiger partial charge in [-0.1, -0.05) is 22.8 Å². The monoisotopic (exact) mass is 324 g/mol. The Morgan fingerprint density at radius 1 is 1.41 bits per heavy atom. The normalized spacial score (nSPS) is 22.1. The maximum absolute atomic E-state index is 12.7. The molecule has 0 bridgehead atoms. The lowest BCUT2D eigenvalue weighted by atomic mass is 10.2. The predicted octanol–water partition coefficient (Wildman–Crippen LogP) is 1.61. The Hall–Kier alpha value is -2.09. The van der Waals surface area contributed by atoms with Crippen molar-refractivity contribution in [2.75, 3.05) is 13.7 Å². The highest BCUT2D eigenvalue weighted by Gasteiger charge is 2.44. The summed E-state index contributed by atoms with van der Waals surface area (Å²) in [5, 5.41) is 3.53. The van der Waals surface area contributed by atoms with Crippen LogP contribution in [0.1, 0.15) is 12.0 Å². The van der Waals surface area contributed by atoms with Gasteiger partial charge in [0.05, 0.1) is 18.0 Å². The SMILES string of the molecule is COC(=O)[C@@H]1C[C@@H](N=[N+]=[N-])CN1S(=O)(=O)c1ccc(C)cc1. The van der Waals surface area contributed by atoms with E-state index in [0.29, 0.717) is 0 Å². The minimum Gasteiger partial charge on any atom is -0.468 e. The first-order valence-electron chi connectivity index (χ1n) is 6.60. The second-order valence-corrected chi connectivity index (χ2v) is 6.91. The molecule has 118 valence electrons. The third-order valence-electron chi connectivity index (χ3n) is 3.55. The summed E-state index contributed by atoms with van der Waals surface area (Å²) < 4.78 is 31.1. The fourth-order valence-corrected chi connectivity index (χ4v) is 4.03. The maximum atomic E-state index is 12.7. The van der Waals surface area contributed by atoms with Crippen molar-refractivity contribution < 1.29 is 17.9 Å². The molecule has 0 radical (unpaired) electrons. The Morgan fingerprint density at radius 2 is 2.05 bits per heavy atom. The van der Waals surface area contributed by atoms with E-state index >= 15 is 0 Å². The number of ether oxygens (including phenoxy) is 1. The van der Waals surface area contributed by atoms with Crippen LogP contribution in [0.3, 0.4) is 0 Å². The minimum absolute atomic E-state index is 0.0416. The lowest BCUT2D eigenvalue weighted by molar-refractivity contribution is -0.144. The van der Waals surface area contributed by atoms with E-state index in [2.05, 4.69) is 14.8 Å². The van der Waals surface area contributed by atoms with Crippen LogP contribution in [-0.2, 0) is 19.6 Å². The molecule has 2 atom stereocenters. The molecule has 0 N–H and O–H groups in total. The van der Waals surface area contributed by atoms with Crippen molar-refractivity contribution in [2.45, 2.75) is 30.3 Å². The Labute approximate surface area is 128 Å². The quantitative estimate of drug-likeness (QED) is 0.362. The van der Waals surface area contributed by atoms with E-state index in [9.17, 15) is 13.2 Å². The van der Waals surface area contributed by atoms with Crippen LogP contribution in [0.2, 0.25) is 0 Å². The molecule has 0 aliphatic carbocycles.